The number of thiocarbonyl (C=S) groups is 1. The van der Waals surface area contributed by atoms with Crippen molar-refractivity contribution in [3.05, 3.63) is 35.0 Å². The highest BCUT2D eigenvalue weighted by Crippen LogP contribution is 2.05. The minimum Gasteiger partial charge on any atom is -0.753 e. The van der Waals surface area contributed by atoms with Crippen molar-refractivity contribution in [1.29, 1.82) is 0 Å². The van der Waals surface area contributed by atoms with Gasteiger partial charge in [-0.15, -0.1) is 0 Å². The van der Waals surface area contributed by atoms with Crippen molar-refractivity contribution in [2.45, 2.75) is 65.8 Å². The summed E-state index contributed by atoms with van der Waals surface area (Å²) >= 11 is 3.70. The van der Waals surface area contributed by atoms with E-state index in [4.69, 9.17) is 5.41 Å². The van der Waals surface area contributed by atoms with Gasteiger partial charge in [0, 0.05) is 25.0 Å². The zero-order chi connectivity index (χ0) is 14.5. The molecule has 19 heavy (non-hydrogen) atoms. The molecular weight excluding hydrogens is 252 g/mol. The Morgan fingerprint density at radius 3 is 2.37 bits per heavy atom. The third kappa shape index (κ3) is 8.63. The number of unbranched alkanes of at least 4 members (excludes halogenated alkanes) is 5. The maximum atomic E-state index is 7.13. The first kappa shape index (κ1) is 17.9. The predicted molar refractivity (Wildman–Crippen MR) is 85.4 cm³/mol. The monoisotopic (exact) mass is 278 g/mol. The fourth-order valence-electron chi connectivity index (χ4n) is 2.05. The Bertz CT molecular complexity index is 382. The lowest BCUT2D eigenvalue weighted by atomic mass is 10.1. The first-order chi connectivity index (χ1) is 9.17. The Morgan fingerprint density at radius 1 is 1.16 bits per heavy atom. The van der Waals surface area contributed by atoms with Crippen LogP contribution in [0.15, 0.2) is 18.3 Å². The molecule has 1 rings (SSSR count). The van der Waals surface area contributed by atoms with Crippen molar-refractivity contribution in [2.24, 2.45) is 0 Å². The second kappa shape index (κ2) is 12.0. The van der Waals surface area contributed by atoms with Gasteiger partial charge in [-0.1, -0.05) is 44.8 Å². The number of isothiocyanates is 1. The first-order valence-electron chi connectivity index (χ1n) is 7.14. The van der Waals surface area contributed by atoms with Crippen LogP contribution in [0.3, 0.4) is 0 Å². The van der Waals surface area contributed by atoms with E-state index in [-0.39, 0.29) is 0 Å². The number of rotatable bonds is 7. The van der Waals surface area contributed by atoms with Gasteiger partial charge in [0.15, 0.2) is 11.9 Å². The van der Waals surface area contributed by atoms with Gasteiger partial charge in [-0.25, -0.2) is 4.57 Å². The molecule has 1 aromatic rings. The Hall–Kier alpha value is -1.05. The fourth-order valence-corrected chi connectivity index (χ4v) is 2.05. The van der Waals surface area contributed by atoms with Crippen molar-refractivity contribution < 1.29 is 4.57 Å². The van der Waals surface area contributed by atoms with Gasteiger partial charge in [-0.05, 0) is 19.4 Å². The molecule has 0 saturated heterocycles. The fraction of sp³-hybridized carbons (Fsp3) is 0.625. The summed E-state index contributed by atoms with van der Waals surface area (Å²) in [4.78, 5) is 0. The maximum absolute atomic E-state index is 7.13. The van der Waals surface area contributed by atoms with Crippen LogP contribution in [-0.4, -0.2) is 5.16 Å². The van der Waals surface area contributed by atoms with E-state index in [2.05, 4.69) is 55.9 Å². The average Bonchev–Trinajstić information content (AvgIpc) is 2.39. The molecular formula is C16H26N2S. The smallest absolute Gasteiger partial charge is 0.181 e. The van der Waals surface area contributed by atoms with E-state index in [1.54, 1.807) is 0 Å². The van der Waals surface area contributed by atoms with Gasteiger partial charge >= 0.3 is 0 Å². The molecule has 0 aromatic carbocycles. The van der Waals surface area contributed by atoms with Crippen LogP contribution in [0, 0.1) is 13.8 Å². The summed E-state index contributed by atoms with van der Waals surface area (Å²) < 4.78 is 2.38. The minimum atomic E-state index is 1.18. The number of nitrogens with zero attached hydrogens (tertiary/aromatic N) is 2. The molecule has 0 atom stereocenters. The van der Waals surface area contributed by atoms with Gasteiger partial charge in [-0.3, -0.25) is 0 Å². The molecule has 106 valence electrons. The lowest BCUT2D eigenvalue weighted by Gasteiger charge is -2.03. The molecule has 0 aliphatic carbocycles. The van der Waals surface area contributed by atoms with Crippen LogP contribution < -0.4 is 4.57 Å². The molecule has 0 aliphatic heterocycles. The van der Waals surface area contributed by atoms with E-state index in [1.807, 2.05) is 0 Å². The largest absolute Gasteiger partial charge is 0.753 e. The van der Waals surface area contributed by atoms with Crippen LogP contribution in [-0.2, 0) is 6.54 Å². The molecule has 0 spiro atoms. The summed E-state index contributed by atoms with van der Waals surface area (Å²) in [5.41, 5.74) is 2.81. The van der Waals surface area contributed by atoms with Crippen molar-refractivity contribution >= 4 is 17.4 Å². The molecule has 1 heterocycles. The molecule has 1 aromatic heterocycles. The Labute approximate surface area is 123 Å². The topological polar surface area (TPSA) is 26.2 Å². The highest BCUT2D eigenvalue weighted by Gasteiger charge is 2.06. The molecule has 0 amide bonds. The number of pyridine rings is 1. The van der Waals surface area contributed by atoms with Crippen molar-refractivity contribution in [1.82, 2.24) is 0 Å². The van der Waals surface area contributed by atoms with Crippen LogP contribution in [0.1, 0.15) is 56.7 Å². The summed E-state index contributed by atoms with van der Waals surface area (Å²) in [6.07, 6.45) is 10.4. The summed E-state index contributed by atoms with van der Waals surface area (Å²) in [5, 5.41) is 8.47. The Balaban J connectivity index is 0.000000982. The molecule has 3 heteroatoms. The van der Waals surface area contributed by atoms with Gasteiger partial charge in [-0.2, -0.15) is 5.16 Å². The van der Waals surface area contributed by atoms with Gasteiger partial charge in [0.25, 0.3) is 0 Å². The van der Waals surface area contributed by atoms with Crippen molar-refractivity contribution in [2.75, 3.05) is 0 Å². The normalized spacial score (nSPS) is 9.42. The lowest BCUT2D eigenvalue weighted by Crippen LogP contribution is -2.37. The molecule has 0 radical (unpaired) electrons. The van der Waals surface area contributed by atoms with Crippen LogP contribution in [0.4, 0.5) is 0 Å². The number of hydrogen-bond acceptors (Lipinski definition) is 1. The minimum absolute atomic E-state index is 1.18. The SMILES string of the molecule is CCCCCCCC[n+]1cccc(C)c1C.[N-]=C=S. The van der Waals surface area contributed by atoms with E-state index < -0.39 is 0 Å². The highest BCUT2D eigenvalue weighted by atomic mass is 32.1. The van der Waals surface area contributed by atoms with Crippen molar-refractivity contribution in [3.63, 3.8) is 0 Å². The van der Waals surface area contributed by atoms with Crippen molar-refractivity contribution in [3.8, 4) is 0 Å². The van der Waals surface area contributed by atoms with Crippen LogP contribution in [0.25, 0.3) is 5.41 Å². The summed E-state index contributed by atoms with van der Waals surface area (Å²) in [6, 6.07) is 4.34. The first-order valence-corrected chi connectivity index (χ1v) is 7.55. The number of aromatic nitrogens is 1. The third-order valence-corrected chi connectivity index (χ3v) is 3.37. The summed E-state index contributed by atoms with van der Waals surface area (Å²) in [5.74, 6) is 0. The summed E-state index contributed by atoms with van der Waals surface area (Å²) in [6.45, 7) is 7.85. The molecule has 0 bridgehead atoms. The molecule has 0 unspecified atom stereocenters. The van der Waals surface area contributed by atoms with Crippen LogP contribution in [0.5, 0.6) is 0 Å². The summed E-state index contributed by atoms with van der Waals surface area (Å²) in [7, 11) is 0. The van der Waals surface area contributed by atoms with Gasteiger partial charge in [0.05, 0.1) is 0 Å². The Morgan fingerprint density at radius 2 is 1.74 bits per heavy atom. The zero-order valence-electron chi connectivity index (χ0n) is 12.5. The van der Waals surface area contributed by atoms with E-state index >= 15 is 0 Å². The van der Waals surface area contributed by atoms with E-state index in [0.29, 0.717) is 0 Å². The van der Waals surface area contributed by atoms with Gasteiger partial charge in [0.1, 0.15) is 6.54 Å². The second-order valence-corrected chi connectivity index (χ2v) is 5.01. The standard InChI is InChI=1S/C15H26N.CNS/c1-4-5-6-7-8-9-12-16-13-10-11-14(2)15(16)3;2-1-3/h10-11,13H,4-9,12H2,1-3H3;/q+1;-1. The third-order valence-electron chi connectivity index (χ3n) is 3.37. The molecule has 0 N–H and O–H groups in total. The molecule has 0 saturated carbocycles. The Kier molecular flexibility index (Phi) is 11.3. The van der Waals surface area contributed by atoms with Crippen LogP contribution in [0.2, 0.25) is 0 Å². The van der Waals surface area contributed by atoms with E-state index in [9.17, 15) is 0 Å². The zero-order valence-corrected chi connectivity index (χ0v) is 13.3. The molecule has 0 fully saturated rings. The van der Waals surface area contributed by atoms with E-state index in [0.717, 1.165) is 0 Å². The van der Waals surface area contributed by atoms with Gasteiger partial charge < -0.3 is 5.41 Å². The van der Waals surface area contributed by atoms with Gasteiger partial charge in [0.2, 0.25) is 0 Å². The van der Waals surface area contributed by atoms with E-state index in [1.165, 1.54) is 61.5 Å². The maximum Gasteiger partial charge on any atom is 0.181 e. The second-order valence-electron chi connectivity index (χ2n) is 4.83. The highest BCUT2D eigenvalue weighted by molar-refractivity contribution is 7.78. The average molecular weight is 278 g/mol. The lowest BCUT2D eigenvalue weighted by molar-refractivity contribution is -0.703. The number of hydrogen-bond donors (Lipinski definition) is 0. The molecule has 2 nitrogen and oxygen atoms in total. The number of aryl methyl sites for hydroxylation is 2. The molecule has 0 aliphatic rings. The quantitative estimate of drug-likeness (QED) is 0.309. The predicted octanol–water partition coefficient (Wildman–Crippen LogP) is 4.61. The van der Waals surface area contributed by atoms with Crippen LogP contribution >= 0.6 is 12.2 Å².